The summed E-state index contributed by atoms with van der Waals surface area (Å²) in [6.07, 6.45) is 2.63. The Kier molecular flexibility index (Phi) is 10.8. The van der Waals surface area contributed by atoms with Gasteiger partial charge in [0, 0.05) is 55.7 Å². The number of rotatable bonds is 13. The molecule has 0 saturated heterocycles. The van der Waals surface area contributed by atoms with Gasteiger partial charge in [0.1, 0.15) is 6.54 Å². The number of methoxy groups -OCH3 is 1. The summed E-state index contributed by atoms with van der Waals surface area (Å²) in [7, 11) is 1.63. The van der Waals surface area contributed by atoms with Crippen molar-refractivity contribution in [3.8, 4) is 0 Å². The van der Waals surface area contributed by atoms with E-state index in [1.165, 1.54) is 0 Å². The number of carbonyl (C=O) groups excluding carboxylic acids is 2. The summed E-state index contributed by atoms with van der Waals surface area (Å²) in [5, 5.41) is 5.75. The molecule has 8 heteroatoms. The largest absolute Gasteiger partial charge is 0.385 e. The molecule has 3 amide bonds. The van der Waals surface area contributed by atoms with Crippen molar-refractivity contribution in [2.75, 3.05) is 38.7 Å². The van der Waals surface area contributed by atoms with E-state index in [-0.39, 0.29) is 24.4 Å². The van der Waals surface area contributed by atoms with Crippen molar-refractivity contribution in [3.05, 3.63) is 101 Å². The second-order valence-corrected chi connectivity index (χ2v) is 11.0. The molecule has 0 radical (unpaired) electrons. The third-order valence-electron chi connectivity index (χ3n) is 6.93. The van der Waals surface area contributed by atoms with Crippen LogP contribution in [-0.4, -0.2) is 59.7 Å². The van der Waals surface area contributed by atoms with Crippen molar-refractivity contribution in [1.82, 2.24) is 14.4 Å². The van der Waals surface area contributed by atoms with Gasteiger partial charge in [-0.05, 0) is 47.6 Å². The molecule has 0 atom stereocenters. The number of amides is 3. The normalized spacial score (nSPS) is 11.1. The maximum Gasteiger partial charge on any atom is 0.322 e. The van der Waals surface area contributed by atoms with Gasteiger partial charge in [0.25, 0.3) is 0 Å². The summed E-state index contributed by atoms with van der Waals surface area (Å²) >= 11 is 6.42. The molecule has 4 aromatic rings. The van der Waals surface area contributed by atoms with E-state index in [1.54, 1.807) is 12.0 Å². The van der Waals surface area contributed by atoms with Crippen LogP contribution in [0.5, 0.6) is 0 Å². The van der Waals surface area contributed by atoms with Crippen molar-refractivity contribution < 1.29 is 14.3 Å². The maximum absolute atomic E-state index is 13.8. The quantitative estimate of drug-likeness (QED) is 0.177. The zero-order valence-corrected chi connectivity index (χ0v) is 24.8. The fourth-order valence-electron chi connectivity index (χ4n) is 4.89. The lowest BCUT2D eigenvalue weighted by Crippen LogP contribution is -2.46. The number of benzene rings is 3. The fraction of sp³-hybridized carbons (Fsp3) is 0.333. The minimum atomic E-state index is -0.308. The number of anilines is 1. The van der Waals surface area contributed by atoms with Gasteiger partial charge in [-0.2, -0.15) is 0 Å². The third-order valence-corrected chi connectivity index (χ3v) is 7.30. The molecular weight excluding hydrogens is 536 g/mol. The van der Waals surface area contributed by atoms with Gasteiger partial charge in [-0.1, -0.05) is 80.0 Å². The number of nitrogens with one attached hydrogen (secondary N) is 1. The van der Waals surface area contributed by atoms with Gasteiger partial charge in [0.2, 0.25) is 5.91 Å². The van der Waals surface area contributed by atoms with Gasteiger partial charge in [0.15, 0.2) is 0 Å². The van der Waals surface area contributed by atoms with Gasteiger partial charge < -0.3 is 24.4 Å². The van der Waals surface area contributed by atoms with E-state index >= 15 is 0 Å². The second-order valence-electron chi connectivity index (χ2n) is 10.6. The molecule has 7 nitrogen and oxygen atoms in total. The van der Waals surface area contributed by atoms with Crippen LogP contribution in [0.25, 0.3) is 10.8 Å². The Bertz CT molecular complexity index is 1450. The van der Waals surface area contributed by atoms with Gasteiger partial charge in [-0.15, -0.1) is 0 Å². The van der Waals surface area contributed by atoms with E-state index in [0.29, 0.717) is 49.9 Å². The zero-order valence-electron chi connectivity index (χ0n) is 24.1. The van der Waals surface area contributed by atoms with Crippen LogP contribution in [0.15, 0.2) is 85.1 Å². The lowest BCUT2D eigenvalue weighted by Gasteiger charge is -2.29. The van der Waals surface area contributed by atoms with Gasteiger partial charge >= 0.3 is 6.03 Å². The van der Waals surface area contributed by atoms with Crippen LogP contribution in [0.2, 0.25) is 5.02 Å². The summed E-state index contributed by atoms with van der Waals surface area (Å²) in [6.45, 7) is 6.67. The highest BCUT2D eigenvalue weighted by Crippen LogP contribution is 2.23. The third kappa shape index (κ3) is 8.35. The highest BCUT2D eigenvalue weighted by molar-refractivity contribution is 6.31. The summed E-state index contributed by atoms with van der Waals surface area (Å²) in [4.78, 5) is 30.7. The molecule has 1 heterocycles. The highest BCUT2D eigenvalue weighted by atomic mass is 35.5. The first kappa shape index (κ1) is 30.2. The molecule has 41 heavy (non-hydrogen) atoms. The molecule has 1 aromatic heterocycles. The van der Waals surface area contributed by atoms with Crippen LogP contribution >= 0.6 is 11.6 Å². The average Bonchev–Trinajstić information content (AvgIpc) is 3.39. The molecular formula is C33H39ClN4O3. The van der Waals surface area contributed by atoms with Gasteiger partial charge in [-0.3, -0.25) is 4.79 Å². The standard InChI is InChI=1S/C33H39ClN4O3/c1-25(2)21-38(23-28-14-9-18-36(28)22-27-12-5-7-16-30(27)34)32(39)24-37(19-10-20-41-3)33(40)35-31-17-8-13-26-11-4-6-15-29(26)31/h4-9,11-18,25H,10,19-24H2,1-3H3,(H,35,40). The number of hydrogen-bond acceptors (Lipinski definition) is 3. The first-order chi connectivity index (χ1) is 19.9. The summed E-state index contributed by atoms with van der Waals surface area (Å²) in [5.74, 6) is 0.159. The van der Waals surface area contributed by atoms with Crippen LogP contribution in [0.4, 0.5) is 10.5 Å². The molecule has 0 aliphatic rings. The van der Waals surface area contributed by atoms with Crippen LogP contribution < -0.4 is 5.32 Å². The smallest absolute Gasteiger partial charge is 0.322 e. The Labute approximate surface area is 247 Å². The Morgan fingerprint density at radius 3 is 2.49 bits per heavy atom. The Morgan fingerprint density at radius 1 is 0.951 bits per heavy atom. The molecule has 1 N–H and O–H groups in total. The molecule has 0 aliphatic carbocycles. The summed E-state index contributed by atoms with van der Waals surface area (Å²) in [6, 6.07) is 25.2. The van der Waals surface area contributed by atoms with Crippen LogP contribution in [-0.2, 0) is 22.6 Å². The van der Waals surface area contributed by atoms with E-state index < -0.39 is 0 Å². The van der Waals surface area contributed by atoms with Gasteiger partial charge in [-0.25, -0.2) is 4.79 Å². The van der Waals surface area contributed by atoms with Crippen molar-refractivity contribution in [2.45, 2.75) is 33.4 Å². The number of fused-ring (bicyclic) bond motifs is 1. The molecule has 0 saturated carbocycles. The molecule has 0 unspecified atom stereocenters. The minimum Gasteiger partial charge on any atom is -0.385 e. The average molecular weight is 575 g/mol. The molecule has 0 bridgehead atoms. The van der Waals surface area contributed by atoms with E-state index in [0.717, 1.165) is 22.0 Å². The number of nitrogens with zero attached hydrogens (tertiary/aromatic N) is 3. The lowest BCUT2D eigenvalue weighted by molar-refractivity contribution is -0.133. The number of halogens is 1. The van der Waals surface area contributed by atoms with Crippen molar-refractivity contribution >= 4 is 40.0 Å². The van der Waals surface area contributed by atoms with Crippen molar-refractivity contribution in [3.63, 3.8) is 0 Å². The first-order valence-corrected chi connectivity index (χ1v) is 14.4. The molecule has 0 spiro atoms. The molecule has 3 aromatic carbocycles. The highest BCUT2D eigenvalue weighted by Gasteiger charge is 2.23. The topological polar surface area (TPSA) is 66.8 Å². The van der Waals surface area contributed by atoms with Crippen LogP contribution in [0, 0.1) is 5.92 Å². The minimum absolute atomic E-state index is 0.0295. The Balaban J connectivity index is 1.51. The Morgan fingerprint density at radius 2 is 1.71 bits per heavy atom. The number of hydrogen-bond donors (Lipinski definition) is 1. The fourth-order valence-corrected chi connectivity index (χ4v) is 5.09. The number of ether oxygens (including phenoxy) is 1. The maximum atomic E-state index is 13.8. The monoisotopic (exact) mass is 574 g/mol. The summed E-state index contributed by atoms with van der Waals surface area (Å²) < 4.78 is 7.34. The van der Waals surface area contributed by atoms with E-state index in [4.69, 9.17) is 16.3 Å². The number of aromatic nitrogens is 1. The molecule has 4 rings (SSSR count). The van der Waals surface area contributed by atoms with Gasteiger partial charge in [0.05, 0.1) is 12.2 Å². The molecule has 216 valence electrons. The predicted molar refractivity (Wildman–Crippen MR) is 166 cm³/mol. The number of carbonyl (C=O) groups is 2. The first-order valence-electron chi connectivity index (χ1n) is 14.0. The number of urea groups is 1. The summed E-state index contributed by atoms with van der Waals surface area (Å²) in [5.41, 5.74) is 2.74. The predicted octanol–water partition coefficient (Wildman–Crippen LogP) is 6.90. The van der Waals surface area contributed by atoms with E-state index in [9.17, 15) is 9.59 Å². The second kappa shape index (κ2) is 14.7. The zero-order chi connectivity index (χ0) is 29.2. The molecule has 0 fully saturated rings. The van der Waals surface area contributed by atoms with Crippen LogP contribution in [0.3, 0.4) is 0 Å². The van der Waals surface area contributed by atoms with E-state index in [2.05, 4.69) is 23.7 Å². The SMILES string of the molecule is COCCCN(CC(=O)N(Cc1cccn1Cc1ccccc1Cl)CC(C)C)C(=O)Nc1cccc2ccccc12. The Hall–Kier alpha value is -3.81. The molecule has 0 aliphatic heterocycles. The van der Waals surface area contributed by atoms with Crippen LogP contribution in [0.1, 0.15) is 31.5 Å². The van der Waals surface area contributed by atoms with Crippen molar-refractivity contribution in [2.24, 2.45) is 5.92 Å². The van der Waals surface area contributed by atoms with Crippen molar-refractivity contribution in [1.29, 1.82) is 0 Å². The lowest BCUT2D eigenvalue weighted by atomic mass is 10.1. The van der Waals surface area contributed by atoms with E-state index in [1.807, 2.05) is 90.0 Å².